The van der Waals surface area contributed by atoms with E-state index in [-0.39, 0.29) is 28.1 Å². The van der Waals surface area contributed by atoms with Crippen LogP contribution in [0, 0.1) is 5.82 Å². The number of rotatable bonds is 9. The predicted molar refractivity (Wildman–Crippen MR) is 166 cm³/mol. The second kappa shape index (κ2) is 13.2. The van der Waals surface area contributed by atoms with E-state index < -0.39 is 17.6 Å². The summed E-state index contributed by atoms with van der Waals surface area (Å²) in [7, 11) is 0. The maximum atomic E-state index is 13.9. The number of carbonyl (C=O) groups is 3. The Morgan fingerprint density at radius 2 is 1.62 bits per heavy atom. The number of benzene rings is 4. The Hall–Kier alpha value is -4.86. The van der Waals surface area contributed by atoms with Gasteiger partial charge in [-0.25, -0.2) is 4.39 Å². The van der Waals surface area contributed by atoms with Crippen molar-refractivity contribution < 1.29 is 18.8 Å². The maximum absolute atomic E-state index is 13.9. The fraction of sp³-hybridized carbons (Fsp3) is 0.0312. The fourth-order valence-corrected chi connectivity index (χ4v) is 4.93. The molecule has 0 spiro atoms. The van der Waals surface area contributed by atoms with Crippen LogP contribution in [0.15, 0.2) is 114 Å². The highest BCUT2D eigenvalue weighted by Crippen LogP contribution is 2.24. The number of aromatic nitrogens is 1. The lowest BCUT2D eigenvalue weighted by Gasteiger charge is -2.12. The molecule has 5 aromatic rings. The first-order valence-electron chi connectivity index (χ1n) is 12.8. The zero-order valence-corrected chi connectivity index (χ0v) is 23.6. The van der Waals surface area contributed by atoms with Crippen LogP contribution in [0.25, 0.3) is 17.0 Å². The largest absolute Gasteiger partial charge is 0.361 e. The summed E-state index contributed by atoms with van der Waals surface area (Å²) in [6.45, 7) is 0. The molecule has 0 aliphatic carbocycles. The van der Waals surface area contributed by atoms with Gasteiger partial charge < -0.3 is 20.9 Å². The lowest BCUT2D eigenvalue weighted by molar-refractivity contribution is -0.114. The fourth-order valence-electron chi connectivity index (χ4n) is 4.07. The van der Waals surface area contributed by atoms with E-state index in [1.165, 1.54) is 23.9 Å². The summed E-state index contributed by atoms with van der Waals surface area (Å²) in [6, 6.07) is 27.2. The summed E-state index contributed by atoms with van der Waals surface area (Å²) in [6.07, 6.45) is 3.40. The van der Waals surface area contributed by atoms with Crippen molar-refractivity contribution in [3.63, 3.8) is 0 Å². The molecule has 0 bridgehead atoms. The summed E-state index contributed by atoms with van der Waals surface area (Å²) >= 11 is 7.01. The number of hydrogen-bond donors (Lipinski definition) is 4. The van der Waals surface area contributed by atoms with Crippen LogP contribution in [0.4, 0.5) is 15.8 Å². The van der Waals surface area contributed by atoms with Gasteiger partial charge >= 0.3 is 0 Å². The van der Waals surface area contributed by atoms with Crippen LogP contribution in [0.5, 0.6) is 0 Å². The second-order valence-electron chi connectivity index (χ2n) is 9.11. The van der Waals surface area contributed by atoms with Crippen LogP contribution in [0.1, 0.15) is 15.9 Å². The molecule has 0 unspecified atom stereocenters. The molecule has 210 valence electrons. The normalized spacial score (nSPS) is 11.2. The summed E-state index contributed by atoms with van der Waals surface area (Å²) < 4.78 is 13.9. The molecular formula is C32H24ClFN4O3S. The summed E-state index contributed by atoms with van der Waals surface area (Å²) in [5.74, 6) is -1.86. The Morgan fingerprint density at radius 1 is 0.881 bits per heavy atom. The highest BCUT2D eigenvalue weighted by Gasteiger charge is 2.16. The first-order valence-corrected chi connectivity index (χ1v) is 14.2. The molecule has 4 aromatic carbocycles. The van der Waals surface area contributed by atoms with E-state index in [1.54, 1.807) is 66.9 Å². The molecule has 0 radical (unpaired) electrons. The van der Waals surface area contributed by atoms with Gasteiger partial charge in [0, 0.05) is 43.8 Å². The van der Waals surface area contributed by atoms with E-state index in [0.29, 0.717) is 11.3 Å². The molecule has 10 heteroatoms. The van der Waals surface area contributed by atoms with Crippen LogP contribution in [-0.4, -0.2) is 28.5 Å². The molecule has 1 heterocycles. The van der Waals surface area contributed by atoms with Gasteiger partial charge in [0.05, 0.1) is 11.4 Å². The highest BCUT2D eigenvalue weighted by molar-refractivity contribution is 8.00. The number of thioether (sulfide) groups is 1. The van der Waals surface area contributed by atoms with Gasteiger partial charge in [0.15, 0.2) is 0 Å². The first-order chi connectivity index (χ1) is 20.4. The molecular weight excluding hydrogens is 575 g/mol. The van der Waals surface area contributed by atoms with Crippen molar-refractivity contribution in [3.8, 4) is 0 Å². The molecule has 3 amide bonds. The molecule has 0 aliphatic heterocycles. The smallest absolute Gasteiger partial charge is 0.272 e. The Bertz CT molecular complexity index is 1790. The maximum Gasteiger partial charge on any atom is 0.272 e. The number of hydrogen-bond acceptors (Lipinski definition) is 4. The molecule has 0 saturated carbocycles. The number of fused-ring (bicyclic) bond motifs is 1. The number of carbonyl (C=O) groups excluding carboxylic acids is 3. The number of halogens is 2. The predicted octanol–water partition coefficient (Wildman–Crippen LogP) is 7.10. The van der Waals surface area contributed by atoms with Gasteiger partial charge in [-0.05, 0) is 66.7 Å². The van der Waals surface area contributed by atoms with Crippen molar-refractivity contribution in [1.82, 2.24) is 10.3 Å². The highest BCUT2D eigenvalue weighted by atomic mass is 35.5. The van der Waals surface area contributed by atoms with E-state index in [1.807, 2.05) is 24.3 Å². The van der Waals surface area contributed by atoms with E-state index in [2.05, 4.69) is 20.9 Å². The number of nitrogens with one attached hydrogen (secondary N) is 4. The van der Waals surface area contributed by atoms with Crippen molar-refractivity contribution in [3.05, 3.63) is 131 Å². The third kappa shape index (κ3) is 7.25. The first kappa shape index (κ1) is 28.7. The minimum atomic E-state index is -0.612. The van der Waals surface area contributed by atoms with E-state index in [4.69, 9.17) is 11.6 Å². The van der Waals surface area contributed by atoms with E-state index in [0.717, 1.165) is 27.4 Å². The van der Waals surface area contributed by atoms with Crippen LogP contribution >= 0.6 is 23.4 Å². The second-order valence-corrected chi connectivity index (χ2v) is 10.6. The Morgan fingerprint density at radius 3 is 2.38 bits per heavy atom. The average molecular weight is 599 g/mol. The molecule has 42 heavy (non-hydrogen) atoms. The third-order valence-corrected chi connectivity index (χ3v) is 7.38. The van der Waals surface area contributed by atoms with Crippen molar-refractivity contribution >= 4 is 69.4 Å². The molecule has 4 N–H and O–H groups in total. The van der Waals surface area contributed by atoms with Gasteiger partial charge in [-0.3, -0.25) is 14.4 Å². The van der Waals surface area contributed by atoms with Crippen molar-refractivity contribution in [2.24, 2.45) is 0 Å². The molecule has 0 saturated heterocycles. The molecule has 0 atom stereocenters. The van der Waals surface area contributed by atoms with Gasteiger partial charge in [-0.2, -0.15) is 0 Å². The molecule has 0 fully saturated rings. The Labute approximate surface area is 250 Å². The number of amides is 3. The topological polar surface area (TPSA) is 103 Å². The quantitative estimate of drug-likeness (QED) is 0.107. The van der Waals surface area contributed by atoms with Crippen LogP contribution < -0.4 is 16.0 Å². The lowest BCUT2D eigenvalue weighted by Crippen LogP contribution is -2.30. The zero-order chi connectivity index (χ0) is 29.5. The zero-order valence-electron chi connectivity index (χ0n) is 22.0. The van der Waals surface area contributed by atoms with Crippen molar-refractivity contribution in [2.75, 3.05) is 16.4 Å². The van der Waals surface area contributed by atoms with Crippen molar-refractivity contribution in [1.29, 1.82) is 0 Å². The molecule has 7 nitrogen and oxygen atoms in total. The summed E-state index contributed by atoms with van der Waals surface area (Å²) in [5.41, 5.74) is 2.68. The third-order valence-electron chi connectivity index (χ3n) is 6.14. The number of anilines is 2. The monoisotopic (exact) mass is 598 g/mol. The van der Waals surface area contributed by atoms with Gasteiger partial charge in [0.25, 0.3) is 11.8 Å². The number of para-hydroxylation sites is 1. The summed E-state index contributed by atoms with van der Waals surface area (Å²) in [4.78, 5) is 42.5. The number of H-pyrrole nitrogens is 1. The van der Waals surface area contributed by atoms with Crippen molar-refractivity contribution in [2.45, 2.75) is 4.90 Å². The number of aromatic amines is 1. The minimum Gasteiger partial charge on any atom is -0.361 e. The molecule has 0 aliphatic rings. The SMILES string of the molecule is O=C(CSc1ccc(NC(=O)/C(=C\c2c[nH]c3ccccc23)NC(=O)c2ccccc2)cc1)Nc1ccc(Cl)cc1F. The van der Waals surface area contributed by atoms with Crippen LogP contribution in [0.3, 0.4) is 0 Å². The standard InChI is InChI=1S/C32H24ClFN4O3S/c33-22-10-15-28(26(34)17-22)37-30(39)19-42-24-13-11-23(12-14-24)36-32(41)29(38-31(40)20-6-2-1-3-7-20)16-21-18-35-27-9-5-4-8-25(21)27/h1-18,35H,19H2,(H,36,41)(H,37,39)(H,38,40)/b29-16+. The minimum absolute atomic E-state index is 0.0524. The lowest BCUT2D eigenvalue weighted by atomic mass is 10.1. The summed E-state index contributed by atoms with van der Waals surface area (Å²) in [5, 5.41) is 9.23. The van der Waals surface area contributed by atoms with E-state index in [9.17, 15) is 18.8 Å². The van der Waals surface area contributed by atoms with Crippen LogP contribution in [-0.2, 0) is 9.59 Å². The van der Waals surface area contributed by atoms with Gasteiger partial charge in [0.2, 0.25) is 5.91 Å². The molecule has 1 aromatic heterocycles. The van der Waals surface area contributed by atoms with Gasteiger partial charge in [0.1, 0.15) is 11.5 Å². The molecule has 5 rings (SSSR count). The van der Waals surface area contributed by atoms with Crippen LogP contribution in [0.2, 0.25) is 5.02 Å². The Balaban J connectivity index is 1.26. The van der Waals surface area contributed by atoms with E-state index >= 15 is 0 Å². The Kier molecular flexibility index (Phi) is 9.01. The average Bonchev–Trinajstić information content (AvgIpc) is 3.41. The van der Waals surface area contributed by atoms with Gasteiger partial charge in [-0.1, -0.05) is 48.0 Å². The van der Waals surface area contributed by atoms with Gasteiger partial charge in [-0.15, -0.1) is 11.8 Å².